The number of hydrogen-bond acceptors (Lipinski definition) is 4. The van der Waals surface area contributed by atoms with E-state index in [0.717, 1.165) is 32.8 Å². The van der Waals surface area contributed by atoms with Crippen LogP contribution >= 0.6 is 11.3 Å². The van der Waals surface area contributed by atoms with Crippen molar-refractivity contribution in [2.75, 3.05) is 0 Å². The molecule has 0 fully saturated rings. The van der Waals surface area contributed by atoms with E-state index in [-0.39, 0.29) is 0 Å². The fourth-order valence-electron chi connectivity index (χ4n) is 2.36. The number of ether oxygens (including phenoxy) is 1. The normalized spacial score (nSPS) is 10.6. The summed E-state index contributed by atoms with van der Waals surface area (Å²) in [6.07, 6.45) is 1.93. The van der Waals surface area contributed by atoms with Crippen molar-refractivity contribution >= 4 is 27.5 Å². The molecule has 0 bridgehead atoms. The maximum Gasteiger partial charge on any atom is 0.335 e. The van der Waals surface area contributed by atoms with Gasteiger partial charge in [-0.05, 0) is 24.6 Å². The molecule has 0 aliphatic heterocycles. The van der Waals surface area contributed by atoms with E-state index >= 15 is 0 Å². The van der Waals surface area contributed by atoms with Crippen LogP contribution in [0, 0.1) is 0 Å². The van der Waals surface area contributed by atoms with Gasteiger partial charge in [0.2, 0.25) is 0 Å². The minimum absolute atomic E-state index is 0.448. The molecule has 0 saturated carbocycles. The summed E-state index contributed by atoms with van der Waals surface area (Å²) in [5.74, 6) is 0.125. The largest absolute Gasteiger partial charge is 0.423 e. The lowest BCUT2D eigenvalue weighted by molar-refractivity contribution is -0.129. The third-order valence-electron chi connectivity index (χ3n) is 3.39. The Morgan fingerprint density at radius 3 is 2.82 bits per heavy atom. The molecule has 110 valence electrons. The Balaban J connectivity index is 2.11. The van der Waals surface area contributed by atoms with Crippen LogP contribution in [0.25, 0.3) is 20.8 Å². The highest BCUT2D eigenvalue weighted by Crippen LogP contribution is 2.36. The SMILES string of the molecule is C=CC(=O)Oc1cccc(-c2nc3ccccc3s2)c1CC. The van der Waals surface area contributed by atoms with E-state index in [2.05, 4.69) is 17.6 Å². The lowest BCUT2D eigenvalue weighted by atomic mass is 10.0. The highest BCUT2D eigenvalue weighted by atomic mass is 32.1. The Hall–Kier alpha value is -2.46. The number of fused-ring (bicyclic) bond motifs is 1. The smallest absolute Gasteiger partial charge is 0.335 e. The Bertz CT molecular complexity index is 818. The van der Waals surface area contributed by atoms with E-state index in [4.69, 9.17) is 4.74 Å². The van der Waals surface area contributed by atoms with E-state index in [1.807, 2.05) is 37.3 Å². The van der Waals surface area contributed by atoms with Crippen molar-refractivity contribution in [2.45, 2.75) is 13.3 Å². The average Bonchev–Trinajstić information content (AvgIpc) is 2.98. The molecule has 0 N–H and O–H groups in total. The molecule has 1 heterocycles. The second kappa shape index (κ2) is 6.12. The van der Waals surface area contributed by atoms with E-state index in [1.165, 1.54) is 6.08 Å². The van der Waals surface area contributed by atoms with Crippen LogP contribution in [0.15, 0.2) is 55.1 Å². The average molecular weight is 309 g/mol. The second-order valence-corrected chi connectivity index (χ2v) is 5.78. The van der Waals surface area contributed by atoms with E-state index in [0.29, 0.717) is 5.75 Å². The molecular weight excluding hydrogens is 294 g/mol. The van der Waals surface area contributed by atoms with Gasteiger partial charge in [0.05, 0.1) is 10.2 Å². The third kappa shape index (κ3) is 2.65. The molecule has 22 heavy (non-hydrogen) atoms. The van der Waals surface area contributed by atoms with Gasteiger partial charge in [0, 0.05) is 17.2 Å². The zero-order valence-corrected chi connectivity index (χ0v) is 13.0. The number of nitrogens with zero attached hydrogens (tertiary/aromatic N) is 1. The Kier molecular flexibility index (Phi) is 4.02. The number of esters is 1. The minimum atomic E-state index is -0.448. The summed E-state index contributed by atoms with van der Waals surface area (Å²) in [6, 6.07) is 13.7. The van der Waals surface area contributed by atoms with Gasteiger partial charge >= 0.3 is 5.97 Å². The van der Waals surface area contributed by atoms with Crippen molar-refractivity contribution in [1.29, 1.82) is 0 Å². The number of hydrogen-bond donors (Lipinski definition) is 0. The van der Waals surface area contributed by atoms with E-state index < -0.39 is 5.97 Å². The molecule has 0 unspecified atom stereocenters. The molecule has 0 atom stereocenters. The maximum absolute atomic E-state index is 11.5. The third-order valence-corrected chi connectivity index (χ3v) is 4.46. The van der Waals surface area contributed by atoms with Crippen LogP contribution in [-0.2, 0) is 11.2 Å². The highest BCUT2D eigenvalue weighted by molar-refractivity contribution is 7.21. The molecule has 4 heteroatoms. The first-order valence-corrected chi connectivity index (χ1v) is 7.86. The van der Waals surface area contributed by atoms with E-state index in [9.17, 15) is 4.79 Å². The van der Waals surface area contributed by atoms with Gasteiger partial charge in [0.25, 0.3) is 0 Å². The number of carbonyl (C=O) groups is 1. The molecule has 0 spiro atoms. The van der Waals surface area contributed by atoms with Crippen molar-refractivity contribution in [3.05, 3.63) is 60.7 Å². The van der Waals surface area contributed by atoms with Gasteiger partial charge in [-0.15, -0.1) is 11.3 Å². The summed E-state index contributed by atoms with van der Waals surface area (Å²) in [6.45, 7) is 5.48. The number of aromatic nitrogens is 1. The van der Waals surface area contributed by atoms with Crippen molar-refractivity contribution in [2.24, 2.45) is 0 Å². The maximum atomic E-state index is 11.5. The van der Waals surface area contributed by atoms with Crippen molar-refractivity contribution in [3.63, 3.8) is 0 Å². The fourth-order valence-corrected chi connectivity index (χ4v) is 3.38. The van der Waals surface area contributed by atoms with Gasteiger partial charge in [0.15, 0.2) is 0 Å². The minimum Gasteiger partial charge on any atom is -0.423 e. The first-order chi connectivity index (χ1) is 10.7. The zero-order chi connectivity index (χ0) is 15.5. The second-order valence-electron chi connectivity index (χ2n) is 4.75. The van der Waals surface area contributed by atoms with Crippen LogP contribution in [0.4, 0.5) is 0 Å². The molecule has 0 radical (unpaired) electrons. The lowest BCUT2D eigenvalue weighted by Gasteiger charge is -2.11. The summed E-state index contributed by atoms with van der Waals surface area (Å²) in [7, 11) is 0. The highest BCUT2D eigenvalue weighted by Gasteiger charge is 2.14. The van der Waals surface area contributed by atoms with Gasteiger partial charge in [-0.2, -0.15) is 0 Å². The van der Waals surface area contributed by atoms with Crippen LogP contribution in [0.5, 0.6) is 5.75 Å². The summed E-state index contributed by atoms with van der Waals surface area (Å²) < 4.78 is 6.49. The van der Waals surface area contributed by atoms with Gasteiger partial charge in [-0.3, -0.25) is 0 Å². The van der Waals surface area contributed by atoms with Gasteiger partial charge < -0.3 is 4.74 Å². The predicted octanol–water partition coefficient (Wildman–Crippen LogP) is 4.62. The van der Waals surface area contributed by atoms with Crippen LogP contribution in [-0.4, -0.2) is 11.0 Å². The van der Waals surface area contributed by atoms with Gasteiger partial charge in [0.1, 0.15) is 10.8 Å². The fraction of sp³-hybridized carbons (Fsp3) is 0.111. The first kappa shape index (κ1) is 14.5. The molecule has 0 saturated heterocycles. The molecule has 3 nitrogen and oxygen atoms in total. The molecule has 0 aliphatic carbocycles. The van der Waals surface area contributed by atoms with Crippen LogP contribution in [0.2, 0.25) is 0 Å². The Labute approximate surface area is 132 Å². The Morgan fingerprint density at radius 1 is 1.27 bits per heavy atom. The standard InChI is InChI=1S/C18H15NO2S/c1-3-12-13(8-7-10-15(12)21-17(20)4-2)18-19-14-9-5-6-11-16(14)22-18/h4-11H,2-3H2,1H3. The molecule has 3 aromatic rings. The lowest BCUT2D eigenvalue weighted by Crippen LogP contribution is -2.05. The number of para-hydroxylation sites is 1. The molecule has 1 aromatic heterocycles. The summed E-state index contributed by atoms with van der Waals surface area (Å²) in [5.41, 5.74) is 2.98. The number of carbonyl (C=O) groups excluding carboxylic acids is 1. The van der Waals surface area contributed by atoms with Crippen molar-refractivity contribution < 1.29 is 9.53 Å². The number of thiazole rings is 1. The predicted molar refractivity (Wildman–Crippen MR) is 90.3 cm³/mol. The van der Waals surface area contributed by atoms with Crippen molar-refractivity contribution in [1.82, 2.24) is 4.98 Å². The monoisotopic (exact) mass is 309 g/mol. The van der Waals surface area contributed by atoms with Crippen molar-refractivity contribution in [3.8, 4) is 16.3 Å². The van der Waals surface area contributed by atoms with Gasteiger partial charge in [-0.1, -0.05) is 37.8 Å². The molecule has 2 aromatic carbocycles. The molecular formula is C18H15NO2S. The summed E-state index contributed by atoms with van der Waals surface area (Å²) in [5, 5.41) is 0.939. The zero-order valence-electron chi connectivity index (χ0n) is 12.2. The first-order valence-electron chi connectivity index (χ1n) is 7.05. The van der Waals surface area contributed by atoms with Gasteiger partial charge in [-0.25, -0.2) is 9.78 Å². The molecule has 0 amide bonds. The van der Waals surface area contributed by atoms with E-state index in [1.54, 1.807) is 17.4 Å². The summed E-state index contributed by atoms with van der Waals surface area (Å²) in [4.78, 5) is 16.2. The number of rotatable bonds is 4. The summed E-state index contributed by atoms with van der Waals surface area (Å²) >= 11 is 1.64. The molecule has 3 rings (SSSR count). The van der Waals surface area contributed by atoms with Crippen LogP contribution < -0.4 is 4.74 Å². The van der Waals surface area contributed by atoms with Crippen LogP contribution in [0.3, 0.4) is 0 Å². The Morgan fingerprint density at radius 2 is 2.09 bits per heavy atom. The van der Waals surface area contributed by atoms with Crippen LogP contribution in [0.1, 0.15) is 12.5 Å². The molecule has 0 aliphatic rings. The number of benzene rings is 2. The quantitative estimate of drug-likeness (QED) is 0.401. The topological polar surface area (TPSA) is 39.2 Å².